The zero-order valence-electron chi connectivity index (χ0n) is 9.40. The lowest BCUT2D eigenvalue weighted by molar-refractivity contribution is -0.124. The molecule has 2 unspecified atom stereocenters. The number of aromatic nitrogens is 1. The SMILES string of the molecule is Cc1ncsc1CNC(=O)C1CCC(N)C1. The summed E-state index contributed by atoms with van der Waals surface area (Å²) in [7, 11) is 0. The fourth-order valence-corrected chi connectivity index (χ4v) is 2.78. The Morgan fingerprint density at radius 3 is 3.06 bits per heavy atom. The van der Waals surface area contributed by atoms with Crippen molar-refractivity contribution >= 4 is 17.2 Å². The molecular formula is C11H17N3OS. The summed E-state index contributed by atoms with van der Waals surface area (Å²) in [5, 5.41) is 2.96. The van der Waals surface area contributed by atoms with Gasteiger partial charge in [0.05, 0.1) is 17.7 Å². The lowest BCUT2D eigenvalue weighted by Crippen LogP contribution is -2.29. The van der Waals surface area contributed by atoms with E-state index in [9.17, 15) is 4.79 Å². The first kappa shape index (κ1) is 11.5. The minimum Gasteiger partial charge on any atom is -0.351 e. The van der Waals surface area contributed by atoms with E-state index in [1.54, 1.807) is 11.3 Å². The van der Waals surface area contributed by atoms with Crippen molar-refractivity contribution in [3.8, 4) is 0 Å². The van der Waals surface area contributed by atoms with Crippen LogP contribution in [0.25, 0.3) is 0 Å². The molecule has 0 bridgehead atoms. The molecule has 3 N–H and O–H groups in total. The van der Waals surface area contributed by atoms with Gasteiger partial charge in [0, 0.05) is 16.8 Å². The normalized spacial score (nSPS) is 24.6. The Morgan fingerprint density at radius 1 is 1.69 bits per heavy atom. The number of nitrogens with zero attached hydrogens (tertiary/aromatic N) is 1. The molecule has 1 aromatic rings. The molecule has 1 heterocycles. The van der Waals surface area contributed by atoms with Gasteiger partial charge in [-0.3, -0.25) is 4.79 Å². The number of amides is 1. The quantitative estimate of drug-likeness (QED) is 0.832. The van der Waals surface area contributed by atoms with Crippen LogP contribution in [0.2, 0.25) is 0 Å². The number of carbonyl (C=O) groups excluding carboxylic acids is 1. The Morgan fingerprint density at radius 2 is 2.50 bits per heavy atom. The maximum absolute atomic E-state index is 11.8. The lowest BCUT2D eigenvalue weighted by atomic mass is 10.1. The van der Waals surface area contributed by atoms with E-state index < -0.39 is 0 Å². The monoisotopic (exact) mass is 239 g/mol. The molecule has 1 amide bonds. The smallest absolute Gasteiger partial charge is 0.223 e. The number of thiazole rings is 1. The predicted molar refractivity (Wildman–Crippen MR) is 64.0 cm³/mol. The van der Waals surface area contributed by atoms with Crippen LogP contribution < -0.4 is 11.1 Å². The molecule has 1 aliphatic rings. The highest BCUT2D eigenvalue weighted by molar-refractivity contribution is 7.09. The minimum atomic E-state index is 0.114. The highest BCUT2D eigenvalue weighted by atomic mass is 32.1. The first-order valence-corrected chi connectivity index (χ1v) is 6.47. The van der Waals surface area contributed by atoms with Crippen LogP contribution in [0.1, 0.15) is 29.8 Å². The van der Waals surface area contributed by atoms with Gasteiger partial charge in [-0.15, -0.1) is 11.3 Å². The number of nitrogens with two attached hydrogens (primary N) is 1. The van der Waals surface area contributed by atoms with Gasteiger partial charge in [-0.2, -0.15) is 0 Å². The Bertz CT molecular complexity index is 377. The molecule has 2 rings (SSSR count). The average molecular weight is 239 g/mol. The van der Waals surface area contributed by atoms with Crippen molar-refractivity contribution in [2.45, 2.75) is 38.8 Å². The molecule has 5 heteroatoms. The molecular weight excluding hydrogens is 222 g/mol. The van der Waals surface area contributed by atoms with Crippen LogP contribution in [-0.2, 0) is 11.3 Å². The zero-order valence-corrected chi connectivity index (χ0v) is 10.2. The summed E-state index contributed by atoms with van der Waals surface area (Å²) < 4.78 is 0. The average Bonchev–Trinajstić information content (AvgIpc) is 2.84. The molecule has 16 heavy (non-hydrogen) atoms. The van der Waals surface area contributed by atoms with Crippen molar-refractivity contribution in [2.24, 2.45) is 11.7 Å². The summed E-state index contributed by atoms with van der Waals surface area (Å²) >= 11 is 1.58. The van der Waals surface area contributed by atoms with E-state index in [4.69, 9.17) is 5.73 Å². The topological polar surface area (TPSA) is 68.0 Å². The molecule has 1 aromatic heterocycles. The van der Waals surface area contributed by atoms with Gasteiger partial charge in [-0.05, 0) is 26.2 Å². The highest BCUT2D eigenvalue weighted by Gasteiger charge is 2.27. The molecule has 1 aliphatic carbocycles. The Hall–Kier alpha value is -0.940. The van der Waals surface area contributed by atoms with E-state index >= 15 is 0 Å². The number of rotatable bonds is 3. The molecule has 2 atom stereocenters. The van der Waals surface area contributed by atoms with Crippen LogP contribution >= 0.6 is 11.3 Å². The van der Waals surface area contributed by atoms with Crippen molar-refractivity contribution in [2.75, 3.05) is 0 Å². The van der Waals surface area contributed by atoms with Crippen molar-refractivity contribution in [1.29, 1.82) is 0 Å². The van der Waals surface area contributed by atoms with E-state index in [0.717, 1.165) is 29.8 Å². The van der Waals surface area contributed by atoms with E-state index in [-0.39, 0.29) is 17.9 Å². The van der Waals surface area contributed by atoms with Gasteiger partial charge in [0.15, 0.2) is 0 Å². The lowest BCUT2D eigenvalue weighted by Gasteiger charge is -2.09. The van der Waals surface area contributed by atoms with Crippen molar-refractivity contribution in [1.82, 2.24) is 10.3 Å². The molecule has 0 aromatic carbocycles. The highest BCUT2D eigenvalue weighted by Crippen LogP contribution is 2.24. The van der Waals surface area contributed by atoms with Crippen LogP contribution in [0.3, 0.4) is 0 Å². The predicted octanol–water partition coefficient (Wildman–Crippen LogP) is 1.20. The first-order valence-electron chi connectivity index (χ1n) is 5.59. The maximum atomic E-state index is 11.8. The molecule has 4 nitrogen and oxygen atoms in total. The van der Waals surface area contributed by atoms with Gasteiger partial charge < -0.3 is 11.1 Å². The number of aryl methyl sites for hydroxylation is 1. The minimum absolute atomic E-state index is 0.114. The van der Waals surface area contributed by atoms with E-state index in [2.05, 4.69) is 10.3 Å². The van der Waals surface area contributed by atoms with E-state index in [0.29, 0.717) is 6.54 Å². The van der Waals surface area contributed by atoms with E-state index in [1.165, 1.54) is 0 Å². The Balaban J connectivity index is 1.82. The van der Waals surface area contributed by atoms with Gasteiger partial charge in [0.1, 0.15) is 0 Å². The zero-order chi connectivity index (χ0) is 11.5. The molecule has 0 spiro atoms. The summed E-state index contributed by atoms with van der Waals surface area (Å²) in [4.78, 5) is 17.1. The van der Waals surface area contributed by atoms with Crippen LogP contribution in [-0.4, -0.2) is 16.9 Å². The number of nitrogens with one attached hydrogen (secondary N) is 1. The van der Waals surface area contributed by atoms with Crippen molar-refractivity contribution < 1.29 is 4.79 Å². The van der Waals surface area contributed by atoms with Gasteiger partial charge >= 0.3 is 0 Å². The van der Waals surface area contributed by atoms with Gasteiger partial charge in [-0.1, -0.05) is 0 Å². The van der Waals surface area contributed by atoms with E-state index in [1.807, 2.05) is 12.4 Å². The molecule has 1 saturated carbocycles. The van der Waals surface area contributed by atoms with Gasteiger partial charge in [0.25, 0.3) is 0 Å². The van der Waals surface area contributed by atoms with Gasteiger partial charge in [-0.25, -0.2) is 4.98 Å². The van der Waals surface area contributed by atoms with Crippen LogP contribution in [0.15, 0.2) is 5.51 Å². The Kier molecular flexibility index (Phi) is 3.56. The third-order valence-corrected chi connectivity index (χ3v) is 4.05. The number of hydrogen-bond donors (Lipinski definition) is 2. The van der Waals surface area contributed by atoms with Crippen LogP contribution in [0.5, 0.6) is 0 Å². The third kappa shape index (κ3) is 2.59. The summed E-state index contributed by atoms with van der Waals surface area (Å²) in [6.45, 7) is 2.56. The fraction of sp³-hybridized carbons (Fsp3) is 0.636. The molecule has 88 valence electrons. The maximum Gasteiger partial charge on any atom is 0.223 e. The molecule has 0 aliphatic heterocycles. The summed E-state index contributed by atoms with van der Waals surface area (Å²) in [5.74, 6) is 0.254. The third-order valence-electron chi connectivity index (χ3n) is 3.11. The summed E-state index contributed by atoms with van der Waals surface area (Å²) in [5.41, 5.74) is 8.61. The molecule has 0 saturated heterocycles. The number of carbonyl (C=O) groups is 1. The second-order valence-electron chi connectivity index (χ2n) is 4.35. The fourth-order valence-electron chi connectivity index (χ4n) is 2.06. The standard InChI is InChI=1S/C11H17N3OS/c1-7-10(16-6-14-7)5-13-11(15)8-2-3-9(12)4-8/h6,8-9H,2-5,12H2,1H3,(H,13,15). The summed E-state index contributed by atoms with van der Waals surface area (Å²) in [6, 6.07) is 0.209. The van der Waals surface area contributed by atoms with Crippen LogP contribution in [0.4, 0.5) is 0 Å². The van der Waals surface area contributed by atoms with Crippen LogP contribution in [0, 0.1) is 12.8 Å². The second-order valence-corrected chi connectivity index (χ2v) is 5.29. The second kappa shape index (κ2) is 4.93. The van der Waals surface area contributed by atoms with Crippen molar-refractivity contribution in [3.63, 3.8) is 0 Å². The first-order chi connectivity index (χ1) is 7.66. The molecule has 1 fully saturated rings. The number of hydrogen-bond acceptors (Lipinski definition) is 4. The largest absolute Gasteiger partial charge is 0.351 e. The Labute approximate surface area is 99.3 Å². The van der Waals surface area contributed by atoms with Crippen molar-refractivity contribution in [3.05, 3.63) is 16.1 Å². The summed E-state index contributed by atoms with van der Waals surface area (Å²) in [6.07, 6.45) is 2.72. The molecule has 0 radical (unpaired) electrons. The van der Waals surface area contributed by atoms with Gasteiger partial charge in [0.2, 0.25) is 5.91 Å².